The number of nitrogens with two attached hydrogens (primary N) is 1. The number of ether oxygens (including phenoxy) is 1. The third kappa shape index (κ3) is 2.66. The largest absolute Gasteiger partial charge is 0.378 e. The molecule has 0 radical (unpaired) electrons. The molecule has 0 saturated carbocycles. The van der Waals surface area contributed by atoms with Gasteiger partial charge in [-0.05, 0) is 6.42 Å². The molecule has 1 aliphatic rings. The van der Waals surface area contributed by atoms with Crippen molar-refractivity contribution in [2.75, 3.05) is 32.1 Å². The molecule has 1 fully saturated rings. The van der Waals surface area contributed by atoms with Crippen LogP contribution in [0.2, 0.25) is 0 Å². The summed E-state index contributed by atoms with van der Waals surface area (Å²) in [5, 5.41) is 0. The molecule has 0 aromatic rings. The number of nitrogens with zero attached hydrogens (tertiary/aromatic N) is 1. The Balaban J connectivity index is 2.72. The number of morpholine rings is 1. The number of rotatable bonds is 4. The summed E-state index contributed by atoms with van der Waals surface area (Å²) >= 11 is 0. The summed E-state index contributed by atoms with van der Waals surface area (Å²) in [6, 6.07) is -0.180. The second-order valence-corrected chi connectivity index (χ2v) is 5.43. The lowest BCUT2D eigenvalue weighted by atomic mass is 10.3. The summed E-state index contributed by atoms with van der Waals surface area (Å²) in [5.74, 6) is 0.198. The van der Waals surface area contributed by atoms with Crippen molar-refractivity contribution in [3.63, 3.8) is 0 Å². The topological polar surface area (TPSA) is 72.6 Å². The van der Waals surface area contributed by atoms with E-state index in [2.05, 4.69) is 0 Å². The minimum Gasteiger partial charge on any atom is -0.378 e. The molecule has 5 nitrogen and oxygen atoms in total. The van der Waals surface area contributed by atoms with Gasteiger partial charge in [0.1, 0.15) is 0 Å². The molecule has 1 aliphatic heterocycles. The van der Waals surface area contributed by atoms with E-state index in [0.29, 0.717) is 32.7 Å². The highest BCUT2D eigenvalue weighted by Gasteiger charge is 2.30. The third-order valence-corrected chi connectivity index (χ3v) is 4.38. The minimum atomic E-state index is -3.12. The maximum Gasteiger partial charge on any atom is 0.214 e. The van der Waals surface area contributed by atoms with Gasteiger partial charge in [-0.1, -0.05) is 6.92 Å². The van der Waals surface area contributed by atoms with E-state index in [1.54, 1.807) is 0 Å². The minimum absolute atomic E-state index is 0.180. The van der Waals surface area contributed by atoms with E-state index in [1.165, 1.54) is 4.31 Å². The Morgan fingerprint density at radius 2 is 2.29 bits per heavy atom. The van der Waals surface area contributed by atoms with E-state index in [1.807, 2.05) is 6.92 Å². The first-order valence-corrected chi connectivity index (χ1v) is 6.50. The molecule has 0 bridgehead atoms. The van der Waals surface area contributed by atoms with Crippen LogP contribution in [0.5, 0.6) is 0 Å². The van der Waals surface area contributed by atoms with Crippen molar-refractivity contribution >= 4 is 10.0 Å². The van der Waals surface area contributed by atoms with Gasteiger partial charge in [-0.2, -0.15) is 4.31 Å². The zero-order chi connectivity index (χ0) is 10.6. The normalized spacial score (nSPS) is 25.1. The molecule has 0 aromatic heterocycles. The number of hydrogen-bond donors (Lipinski definition) is 1. The van der Waals surface area contributed by atoms with E-state index >= 15 is 0 Å². The molecule has 1 atom stereocenters. The maximum absolute atomic E-state index is 11.8. The fourth-order valence-corrected chi connectivity index (χ4v) is 3.27. The van der Waals surface area contributed by atoms with Gasteiger partial charge in [0.2, 0.25) is 10.0 Å². The highest BCUT2D eigenvalue weighted by Crippen LogP contribution is 2.12. The Morgan fingerprint density at radius 1 is 1.57 bits per heavy atom. The molecule has 1 unspecified atom stereocenters. The second kappa shape index (κ2) is 5.06. The Morgan fingerprint density at radius 3 is 2.86 bits per heavy atom. The highest BCUT2D eigenvalue weighted by molar-refractivity contribution is 7.89. The molecule has 1 saturated heterocycles. The first-order chi connectivity index (χ1) is 6.61. The van der Waals surface area contributed by atoms with Gasteiger partial charge in [0, 0.05) is 13.1 Å². The average Bonchev–Trinajstić information content (AvgIpc) is 2.18. The van der Waals surface area contributed by atoms with Crippen molar-refractivity contribution in [1.82, 2.24) is 4.31 Å². The molecule has 1 rings (SSSR count). The first kappa shape index (κ1) is 11.9. The molecular weight excluding hydrogens is 204 g/mol. The van der Waals surface area contributed by atoms with Crippen LogP contribution in [0.1, 0.15) is 13.3 Å². The van der Waals surface area contributed by atoms with Crippen LogP contribution in [-0.4, -0.2) is 50.8 Å². The van der Waals surface area contributed by atoms with Crippen LogP contribution in [0.25, 0.3) is 0 Å². The Kier molecular flexibility index (Phi) is 4.31. The fourth-order valence-electron chi connectivity index (χ4n) is 1.57. The molecular formula is C8H18N2O3S. The molecule has 84 valence electrons. The summed E-state index contributed by atoms with van der Waals surface area (Å²) in [6.07, 6.45) is 0.636. The van der Waals surface area contributed by atoms with Crippen molar-refractivity contribution in [2.24, 2.45) is 5.73 Å². The van der Waals surface area contributed by atoms with Crippen molar-refractivity contribution in [2.45, 2.75) is 19.4 Å². The van der Waals surface area contributed by atoms with Gasteiger partial charge >= 0.3 is 0 Å². The molecule has 0 amide bonds. The van der Waals surface area contributed by atoms with Gasteiger partial charge in [-0.25, -0.2) is 8.42 Å². The lowest BCUT2D eigenvalue weighted by Crippen LogP contribution is -2.52. The van der Waals surface area contributed by atoms with Crippen molar-refractivity contribution in [1.29, 1.82) is 0 Å². The third-order valence-electron chi connectivity index (χ3n) is 2.26. The second-order valence-electron chi connectivity index (χ2n) is 3.39. The van der Waals surface area contributed by atoms with Gasteiger partial charge in [0.25, 0.3) is 0 Å². The summed E-state index contributed by atoms with van der Waals surface area (Å²) in [7, 11) is -3.12. The standard InChI is InChI=1S/C8H18N2O3S/c1-2-5-14(11,12)10-3-4-13-7-8(10)6-9/h8H,2-7,9H2,1H3. The van der Waals surface area contributed by atoms with Crippen molar-refractivity contribution in [3.8, 4) is 0 Å². The Hall–Kier alpha value is -0.170. The average molecular weight is 222 g/mol. The van der Waals surface area contributed by atoms with E-state index in [0.717, 1.165) is 0 Å². The Bertz CT molecular complexity index is 266. The summed E-state index contributed by atoms with van der Waals surface area (Å²) in [4.78, 5) is 0. The van der Waals surface area contributed by atoms with Gasteiger partial charge in [-0.15, -0.1) is 0 Å². The van der Waals surface area contributed by atoms with Crippen LogP contribution in [0.4, 0.5) is 0 Å². The van der Waals surface area contributed by atoms with Crippen LogP contribution in [0, 0.1) is 0 Å². The molecule has 14 heavy (non-hydrogen) atoms. The molecule has 0 aromatic carbocycles. The molecule has 0 spiro atoms. The molecule has 2 N–H and O–H groups in total. The van der Waals surface area contributed by atoms with E-state index in [-0.39, 0.29) is 11.8 Å². The van der Waals surface area contributed by atoms with Crippen molar-refractivity contribution in [3.05, 3.63) is 0 Å². The predicted octanol–water partition coefficient (Wildman–Crippen LogP) is -0.614. The molecule has 1 heterocycles. The van der Waals surface area contributed by atoms with Gasteiger partial charge in [-0.3, -0.25) is 0 Å². The first-order valence-electron chi connectivity index (χ1n) is 4.89. The monoisotopic (exact) mass is 222 g/mol. The lowest BCUT2D eigenvalue weighted by Gasteiger charge is -2.33. The predicted molar refractivity (Wildman–Crippen MR) is 54.4 cm³/mol. The smallest absolute Gasteiger partial charge is 0.214 e. The van der Waals surface area contributed by atoms with Crippen molar-refractivity contribution < 1.29 is 13.2 Å². The van der Waals surface area contributed by atoms with E-state index in [4.69, 9.17) is 10.5 Å². The zero-order valence-corrected chi connectivity index (χ0v) is 9.29. The summed E-state index contributed by atoms with van der Waals surface area (Å²) < 4.78 is 30.2. The Labute approximate surface area is 85.3 Å². The maximum atomic E-state index is 11.8. The van der Waals surface area contributed by atoms with E-state index < -0.39 is 10.0 Å². The van der Waals surface area contributed by atoms with Gasteiger partial charge in [0.15, 0.2) is 0 Å². The summed E-state index contributed by atoms with van der Waals surface area (Å²) in [6.45, 7) is 3.50. The molecule has 6 heteroatoms. The quantitative estimate of drug-likeness (QED) is 0.688. The number of sulfonamides is 1. The summed E-state index contributed by atoms with van der Waals surface area (Å²) in [5.41, 5.74) is 5.50. The van der Waals surface area contributed by atoms with Crippen LogP contribution >= 0.6 is 0 Å². The van der Waals surface area contributed by atoms with Crippen LogP contribution < -0.4 is 5.73 Å². The van der Waals surface area contributed by atoms with Crippen LogP contribution in [0.3, 0.4) is 0 Å². The number of hydrogen-bond acceptors (Lipinski definition) is 4. The van der Waals surface area contributed by atoms with E-state index in [9.17, 15) is 8.42 Å². The van der Waals surface area contributed by atoms with Gasteiger partial charge < -0.3 is 10.5 Å². The SMILES string of the molecule is CCCS(=O)(=O)N1CCOCC1CN. The molecule has 0 aliphatic carbocycles. The highest BCUT2D eigenvalue weighted by atomic mass is 32.2. The van der Waals surface area contributed by atoms with Crippen LogP contribution in [-0.2, 0) is 14.8 Å². The lowest BCUT2D eigenvalue weighted by molar-refractivity contribution is 0.0358. The van der Waals surface area contributed by atoms with Gasteiger partial charge in [0.05, 0.1) is 25.0 Å². The van der Waals surface area contributed by atoms with Crippen LogP contribution in [0.15, 0.2) is 0 Å². The fraction of sp³-hybridized carbons (Fsp3) is 1.00. The zero-order valence-electron chi connectivity index (χ0n) is 8.48.